The average molecular weight is 367 g/mol. The Morgan fingerprint density at radius 1 is 1.19 bits per heavy atom. The number of hydrogen-bond acceptors (Lipinski definition) is 3. The summed E-state index contributed by atoms with van der Waals surface area (Å²) in [6.45, 7) is 2.05. The van der Waals surface area contributed by atoms with Crippen LogP contribution in [0.3, 0.4) is 0 Å². The first-order valence-electron chi connectivity index (χ1n) is 8.73. The van der Waals surface area contributed by atoms with E-state index in [1.165, 1.54) is 12.1 Å². The number of nitrogens with one attached hydrogen (secondary N) is 1. The van der Waals surface area contributed by atoms with Gasteiger partial charge < -0.3 is 14.6 Å². The SMILES string of the molecule is CC(OCc1ccccc1)C(=O)NC(c1ccc(F)cc1)c1nccn1C. The molecular formula is C21H22FN3O2. The molecule has 1 N–H and O–H groups in total. The van der Waals surface area contributed by atoms with E-state index in [9.17, 15) is 9.18 Å². The molecule has 0 aliphatic heterocycles. The molecule has 1 aromatic heterocycles. The number of carbonyl (C=O) groups is 1. The molecule has 0 fully saturated rings. The van der Waals surface area contributed by atoms with E-state index in [1.54, 1.807) is 31.5 Å². The fraction of sp³-hybridized carbons (Fsp3) is 0.238. The number of hydrogen-bond donors (Lipinski definition) is 1. The van der Waals surface area contributed by atoms with Crippen LogP contribution in [0, 0.1) is 5.82 Å². The maximum absolute atomic E-state index is 13.3. The van der Waals surface area contributed by atoms with Crippen LogP contribution in [0.15, 0.2) is 67.0 Å². The fourth-order valence-electron chi connectivity index (χ4n) is 2.74. The Hall–Kier alpha value is -2.99. The Kier molecular flexibility index (Phi) is 5.98. The number of carbonyl (C=O) groups excluding carboxylic acids is 1. The number of imidazole rings is 1. The minimum atomic E-state index is -0.645. The lowest BCUT2D eigenvalue weighted by Crippen LogP contribution is -2.38. The molecule has 27 heavy (non-hydrogen) atoms. The zero-order valence-corrected chi connectivity index (χ0v) is 15.3. The van der Waals surface area contributed by atoms with Gasteiger partial charge in [-0.1, -0.05) is 42.5 Å². The summed E-state index contributed by atoms with van der Waals surface area (Å²) in [6, 6.07) is 15.2. The second kappa shape index (κ2) is 8.60. The third kappa shape index (κ3) is 4.80. The summed E-state index contributed by atoms with van der Waals surface area (Å²) in [6.07, 6.45) is 2.81. The molecule has 0 bridgehead atoms. The van der Waals surface area contributed by atoms with Crippen LogP contribution in [0.25, 0.3) is 0 Å². The van der Waals surface area contributed by atoms with E-state index in [-0.39, 0.29) is 11.7 Å². The summed E-state index contributed by atoms with van der Waals surface area (Å²) in [7, 11) is 1.85. The Morgan fingerprint density at radius 2 is 1.89 bits per heavy atom. The fourth-order valence-corrected chi connectivity index (χ4v) is 2.74. The average Bonchev–Trinajstić information content (AvgIpc) is 3.11. The maximum Gasteiger partial charge on any atom is 0.249 e. The van der Waals surface area contributed by atoms with Gasteiger partial charge in [-0.15, -0.1) is 0 Å². The maximum atomic E-state index is 13.3. The number of aryl methyl sites for hydroxylation is 1. The van der Waals surface area contributed by atoms with Crippen LogP contribution < -0.4 is 5.32 Å². The molecule has 1 amide bonds. The van der Waals surface area contributed by atoms with Crippen molar-refractivity contribution in [2.24, 2.45) is 7.05 Å². The third-order valence-electron chi connectivity index (χ3n) is 4.32. The van der Waals surface area contributed by atoms with E-state index in [2.05, 4.69) is 10.3 Å². The van der Waals surface area contributed by atoms with Crippen LogP contribution in [-0.2, 0) is 23.2 Å². The first-order valence-corrected chi connectivity index (χ1v) is 8.73. The van der Waals surface area contributed by atoms with Crippen molar-refractivity contribution in [1.29, 1.82) is 0 Å². The van der Waals surface area contributed by atoms with Crippen LogP contribution in [0.4, 0.5) is 4.39 Å². The van der Waals surface area contributed by atoms with Gasteiger partial charge in [-0.05, 0) is 30.2 Å². The lowest BCUT2D eigenvalue weighted by atomic mass is 10.1. The monoisotopic (exact) mass is 367 g/mol. The highest BCUT2D eigenvalue weighted by molar-refractivity contribution is 5.81. The van der Waals surface area contributed by atoms with E-state index >= 15 is 0 Å². The number of nitrogens with zero attached hydrogens (tertiary/aromatic N) is 2. The lowest BCUT2D eigenvalue weighted by molar-refractivity contribution is -0.133. The van der Waals surface area contributed by atoms with Crippen molar-refractivity contribution in [3.8, 4) is 0 Å². The van der Waals surface area contributed by atoms with Crippen molar-refractivity contribution in [3.05, 3.63) is 89.8 Å². The Labute approximate surface area is 157 Å². The van der Waals surface area contributed by atoms with Gasteiger partial charge in [0.15, 0.2) is 0 Å². The predicted octanol–water partition coefficient (Wildman–Crippen LogP) is 3.37. The van der Waals surface area contributed by atoms with Crippen molar-refractivity contribution in [1.82, 2.24) is 14.9 Å². The highest BCUT2D eigenvalue weighted by Crippen LogP contribution is 2.21. The van der Waals surface area contributed by atoms with E-state index in [0.29, 0.717) is 12.4 Å². The van der Waals surface area contributed by atoms with Gasteiger partial charge in [0.25, 0.3) is 0 Å². The summed E-state index contributed by atoms with van der Waals surface area (Å²) >= 11 is 0. The molecule has 0 spiro atoms. The number of ether oxygens (including phenoxy) is 1. The molecule has 2 aromatic carbocycles. The van der Waals surface area contributed by atoms with Crippen molar-refractivity contribution in [2.45, 2.75) is 25.7 Å². The number of halogens is 1. The smallest absolute Gasteiger partial charge is 0.249 e. The molecule has 2 atom stereocenters. The topological polar surface area (TPSA) is 56.1 Å². The standard InChI is InChI=1S/C21H22FN3O2/c1-15(27-14-16-6-4-3-5-7-16)21(26)24-19(20-23-12-13-25(20)2)17-8-10-18(22)11-9-17/h3-13,15,19H,14H2,1-2H3,(H,24,26). The van der Waals surface area contributed by atoms with Gasteiger partial charge >= 0.3 is 0 Å². The summed E-state index contributed by atoms with van der Waals surface area (Å²) in [5.41, 5.74) is 1.74. The molecular weight excluding hydrogens is 345 g/mol. The molecule has 0 radical (unpaired) electrons. The highest BCUT2D eigenvalue weighted by Gasteiger charge is 2.24. The van der Waals surface area contributed by atoms with Gasteiger partial charge in [0.05, 0.1) is 6.61 Å². The van der Waals surface area contributed by atoms with Crippen LogP contribution >= 0.6 is 0 Å². The number of rotatable bonds is 7. The van der Waals surface area contributed by atoms with Gasteiger partial charge in [-0.3, -0.25) is 4.79 Å². The molecule has 2 unspecified atom stereocenters. The first-order chi connectivity index (χ1) is 13.0. The minimum absolute atomic E-state index is 0.261. The Balaban J connectivity index is 1.72. The predicted molar refractivity (Wildman–Crippen MR) is 100 cm³/mol. The van der Waals surface area contributed by atoms with E-state index in [0.717, 1.165) is 11.1 Å². The van der Waals surface area contributed by atoms with E-state index < -0.39 is 12.1 Å². The van der Waals surface area contributed by atoms with Crippen molar-refractivity contribution < 1.29 is 13.9 Å². The van der Waals surface area contributed by atoms with Gasteiger partial charge in [-0.25, -0.2) is 9.37 Å². The molecule has 0 saturated carbocycles. The normalized spacial score (nSPS) is 13.1. The number of benzene rings is 2. The molecule has 3 aromatic rings. The van der Waals surface area contributed by atoms with Crippen molar-refractivity contribution >= 4 is 5.91 Å². The van der Waals surface area contributed by atoms with Crippen LogP contribution in [0.2, 0.25) is 0 Å². The molecule has 3 rings (SSSR count). The molecule has 6 heteroatoms. The van der Waals surface area contributed by atoms with E-state index in [4.69, 9.17) is 4.74 Å². The Bertz CT molecular complexity index is 878. The third-order valence-corrected chi connectivity index (χ3v) is 4.32. The van der Waals surface area contributed by atoms with Gasteiger partial charge in [0, 0.05) is 19.4 Å². The summed E-state index contributed by atoms with van der Waals surface area (Å²) in [5, 5.41) is 2.96. The molecule has 0 aliphatic rings. The minimum Gasteiger partial charge on any atom is -0.364 e. The molecule has 140 valence electrons. The second-order valence-electron chi connectivity index (χ2n) is 6.33. The zero-order chi connectivity index (χ0) is 19.2. The molecule has 1 heterocycles. The van der Waals surface area contributed by atoms with Crippen LogP contribution in [0.5, 0.6) is 0 Å². The lowest BCUT2D eigenvalue weighted by Gasteiger charge is -2.21. The van der Waals surface area contributed by atoms with Crippen LogP contribution in [-0.4, -0.2) is 21.6 Å². The largest absolute Gasteiger partial charge is 0.364 e. The van der Waals surface area contributed by atoms with Gasteiger partial charge in [0.1, 0.15) is 23.8 Å². The summed E-state index contributed by atoms with van der Waals surface area (Å²) in [5.74, 6) is 0.0664. The quantitative estimate of drug-likeness (QED) is 0.697. The first kappa shape index (κ1) is 18.8. The highest BCUT2D eigenvalue weighted by atomic mass is 19.1. The van der Waals surface area contributed by atoms with Crippen molar-refractivity contribution in [3.63, 3.8) is 0 Å². The zero-order valence-electron chi connectivity index (χ0n) is 15.3. The summed E-state index contributed by atoms with van der Waals surface area (Å²) < 4.78 is 20.8. The van der Waals surface area contributed by atoms with Gasteiger partial charge in [0.2, 0.25) is 5.91 Å². The van der Waals surface area contributed by atoms with Crippen molar-refractivity contribution in [2.75, 3.05) is 0 Å². The summed E-state index contributed by atoms with van der Waals surface area (Å²) in [4.78, 5) is 17.0. The molecule has 5 nitrogen and oxygen atoms in total. The number of aromatic nitrogens is 2. The van der Waals surface area contributed by atoms with E-state index in [1.807, 2.05) is 41.9 Å². The van der Waals surface area contributed by atoms with Crippen LogP contribution in [0.1, 0.15) is 29.9 Å². The Morgan fingerprint density at radius 3 is 2.52 bits per heavy atom. The number of amides is 1. The molecule has 0 saturated heterocycles. The second-order valence-corrected chi connectivity index (χ2v) is 6.33. The molecule has 0 aliphatic carbocycles. The van der Waals surface area contributed by atoms with Gasteiger partial charge in [-0.2, -0.15) is 0 Å².